The lowest BCUT2D eigenvalue weighted by atomic mass is 10.1. The maximum Gasteiger partial charge on any atom is 0.282 e. The summed E-state index contributed by atoms with van der Waals surface area (Å²) >= 11 is 6.13. The number of carbonyl (C=O) groups excluding carboxylic acids is 1. The van der Waals surface area contributed by atoms with Crippen molar-refractivity contribution in [3.8, 4) is 11.5 Å². The van der Waals surface area contributed by atoms with Crippen molar-refractivity contribution in [1.82, 2.24) is 0 Å². The van der Waals surface area contributed by atoms with E-state index in [-0.39, 0.29) is 11.9 Å². The minimum Gasteiger partial charge on any atom is -0.495 e. The Morgan fingerprint density at radius 3 is 2.52 bits per heavy atom. The molecular formula is C21H28ClN2O3+. The number of rotatable bonds is 8. The molecule has 0 saturated carbocycles. The molecule has 0 aromatic heterocycles. The first kappa shape index (κ1) is 21.1. The largest absolute Gasteiger partial charge is 0.495 e. The molecule has 0 bridgehead atoms. The van der Waals surface area contributed by atoms with Crippen LogP contribution in [0.2, 0.25) is 5.02 Å². The molecule has 27 heavy (non-hydrogen) atoms. The third-order valence-corrected chi connectivity index (χ3v) is 5.00. The van der Waals surface area contributed by atoms with Gasteiger partial charge in [0.1, 0.15) is 18.0 Å². The van der Waals surface area contributed by atoms with Crippen molar-refractivity contribution in [1.29, 1.82) is 0 Å². The second-order valence-electron chi connectivity index (χ2n) is 6.61. The molecule has 0 spiro atoms. The molecule has 0 radical (unpaired) electrons. The topological polar surface area (TPSA) is 52.0 Å². The Bertz CT molecular complexity index is 778. The van der Waals surface area contributed by atoms with Gasteiger partial charge >= 0.3 is 0 Å². The molecule has 1 unspecified atom stereocenters. The highest BCUT2D eigenvalue weighted by atomic mass is 35.5. The van der Waals surface area contributed by atoms with E-state index in [4.69, 9.17) is 21.1 Å². The lowest BCUT2D eigenvalue weighted by Gasteiger charge is -2.22. The molecule has 5 nitrogen and oxygen atoms in total. The summed E-state index contributed by atoms with van der Waals surface area (Å²) in [4.78, 5) is 13.8. The van der Waals surface area contributed by atoms with Crippen molar-refractivity contribution in [3.63, 3.8) is 0 Å². The van der Waals surface area contributed by atoms with Gasteiger partial charge in [0.15, 0.2) is 6.04 Å². The maximum absolute atomic E-state index is 12.7. The van der Waals surface area contributed by atoms with Gasteiger partial charge in [-0.25, -0.2) is 0 Å². The summed E-state index contributed by atoms with van der Waals surface area (Å²) in [5, 5.41) is 3.57. The van der Waals surface area contributed by atoms with Gasteiger partial charge in [-0.3, -0.25) is 4.79 Å². The Kier molecular flexibility index (Phi) is 7.51. The molecule has 0 aliphatic carbocycles. The number of likely N-dealkylation sites (N-methyl/N-ethyl adjacent to an activating group) is 1. The fourth-order valence-electron chi connectivity index (χ4n) is 2.74. The van der Waals surface area contributed by atoms with E-state index < -0.39 is 0 Å². The second-order valence-corrected chi connectivity index (χ2v) is 7.02. The number of hydrogen-bond donors (Lipinski definition) is 2. The summed E-state index contributed by atoms with van der Waals surface area (Å²) < 4.78 is 10.8. The lowest BCUT2D eigenvalue weighted by Crippen LogP contribution is -3.12. The summed E-state index contributed by atoms with van der Waals surface area (Å²) in [7, 11) is 3.56. The van der Waals surface area contributed by atoms with Crippen LogP contribution < -0.4 is 19.7 Å². The molecular weight excluding hydrogens is 364 g/mol. The number of ether oxygens (including phenoxy) is 2. The Balaban J connectivity index is 2.02. The molecule has 2 rings (SSSR count). The molecule has 2 atom stereocenters. The monoisotopic (exact) mass is 391 g/mol. The van der Waals surface area contributed by atoms with Crippen LogP contribution in [0.25, 0.3) is 0 Å². The number of halogens is 1. The third kappa shape index (κ3) is 5.62. The molecule has 2 aromatic carbocycles. The number of anilines is 1. The predicted octanol–water partition coefficient (Wildman–Crippen LogP) is 3.10. The van der Waals surface area contributed by atoms with Gasteiger partial charge in [-0.05, 0) is 56.7 Å². The summed E-state index contributed by atoms with van der Waals surface area (Å²) in [5.41, 5.74) is 2.66. The number of hydrogen-bond acceptors (Lipinski definition) is 3. The molecule has 146 valence electrons. The van der Waals surface area contributed by atoms with Crippen LogP contribution in [-0.4, -0.2) is 32.7 Å². The van der Waals surface area contributed by atoms with Crippen LogP contribution in [0.1, 0.15) is 25.0 Å². The first-order valence-electron chi connectivity index (χ1n) is 9.04. The lowest BCUT2D eigenvalue weighted by molar-refractivity contribution is -0.907. The van der Waals surface area contributed by atoms with Crippen molar-refractivity contribution in [3.05, 3.63) is 52.5 Å². The van der Waals surface area contributed by atoms with Crippen LogP contribution in [0.4, 0.5) is 5.69 Å². The second kappa shape index (κ2) is 9.62. The minimum absolute atomic E-state index is 0.0709. The number of amides is 1. The van der Waals surface area contributed by atoms with E-state index in [1.54, 1.807) is 13.2 Å². The van der Waals surface area contributed by atoms with Gasteiger partial charge in [-0.2, -0.15) is 0 Å². The van der Waals surface area contributed by atoms with Gasteiger partial charge in [0.2, 0.25) is 0 Å². The van der Waals surface area contributed by atoms with E-state index in [1.165, 1.54) is 0 Å². The zero-order valence-corrected chi connectivity index (χ0v) is 17.3. The van der Waals surface area contributed by atoms with Crippen molar-refractivity contribution >= 4 is 23.2 Å². The van der Waals surface area contributed by atoms with Crippen molar-refractivity contribution in [2.45, 2.75) is 33.4 Å². The fraction of sp³-hybridized carbons (Fsp3) is 0.381. The molecule has 0 aliphatic heterocycles. The van der Waals surface area contributed by atoms with Crippen molar-refractivity contribution < 1.29 is 19.2 Å². The van der Waals surface area contributed by atoms with E-state index in [0.29, 0.717) is 23.1 Å². The first-order chi connectivity index (χ1) is 12.8. The molecule has 0 heterocycles. The van der Waals surface area contributed by atoms with Crippen molar-refractivity contribution in [2.75, 3.05) is 26.1 Å². The van der Waals surface area contributed by atoms with Crippen LogP contribution >= 0.6 is 11.6 Å². The smallest absolute Gasteiger partial charge is 0.282 e. The molecule has 0 saturated heterocycles. The number of aryl methyl sites for hydroxylation is 1. The number of nitrogens with one attached hydrogen (secondary N) is 2. The number of carbonyl (C=O) groups is 1. The number of quaternary nitrogens is 1. The predicted molar refractivity (Wildman–Crippen MR) is 109 cm³/mol. The van der Waals surface area contributed by atoms with Gasteiger partial charge in [-0.1, -0.05) is 11.6 Å². The van der Waals surface area contributed by atoms with Crippen LogP contribution in [-0.2, 0) is 11.3 Å². The molecule has 6 heteroatoms. The minimum atomic E-state index is -0.239. The van der Waals surface area contributed by atoms with Crippen LogP contribution in [0.3, 0.4) is 0 Å². The summed E-state index contributed by atoms with van der Waals surface area (Å²) in [6.45, 7) is 7.15. The van der Waals surface area contributed by atoms with Crippen LogP contribution in [0, 0.1) is 6.92 Å². The highest BCUT2D eigenvalue weighted by Crippen LogP contribution is 2.30. The van der Waals surface area contributed by atoms with E-state index in [9.17, 15) is 4.79 Å². The maximum atomic E-state index is 12.7. The average molecular weight is 392 g/mol. The Hall–Kier alpha value is -2.24. The van der Waals surface area contributed by atoms with E-state index >= 15 is 0 Å². The molecule has 0 fully saturated rings. The molecule has 0 aliphatic rings. The standard InChI is InChI=1S/C21H27ClN2O3/c1-6-27-17-9-7-16(8-10-17)13-24(4)15(3)21(25)23-19-11-14(2)18(22)12-20(19)26-5/h7-12,15H,6,13H2,1-5H3,(H,23,25)/p+1/t15-/m0/s1. The van der Waals surface area contributed by atoms with E-state index in [1.807, 2.05) is 58.2 Å². The Morgan fingerprint density at radius 2 is 1.93 bits per heavy atom. The number of methoxy groups -OCH3 is 1. The van der Waals surface area contributed by atoms with Gasteiger partial charge in [0.25, 0.3) is 5.91 Å². The third-order valence-electron chi connectivity index (χ3n) is 4.59. The molecule has 2 aromatic rings. The fourth-order valence-corrected chi connectivity index (χ4v) is 2.89. The normalized spacial score (nSPS) is 13.0. The Labute approximate surface area is 166 Å². The van der Waals surface area contributed by atoms with E-state index in [2.05, 4.69) is 5.32 Å². The highest BCUT2D eigenvalue weighted by molar-refractivity contribution is 6.31. The van der Waals surface area contributed by atoms with Gasteiger partial charge in [0.05, 0.1) is 26.5 Å². The van der Waals surface area contributed by atoms with E-state index in [0.717, 1.165) is 28.3 Å². The summed E-state index contributed by atoms with van der Waals surface area (Å²) in [6.07, 6.45) is 0. The van der Waals surface area contributed by atoms with Gasteiger partial charge in [0, 0.05) is 16.7 Å². The van der Waals surface area contributed by atoms with Gasteiger partial charge in [-0.15, -0.1) is 0 Å². The van der Waals surface area contributed by atoms with Crippen molar-refractivity contribution in [2.24, 2.45) is 0 Å². The zero-order valence-electron chi connectivity index (χ0n) is 16.6. The van der Waals surface area contributed by atoms with Crippen LogP contribution in [0.15, 0.2) is 36.4 Å². The number of benzene rings is 2. The highest BCUT2D eigenvalue weighted by Gasteiger charge is 2.23. The average Bonchev–Trinajstić information content (AvgIpc) is 2.65. The first-order valence-corrected chi connectivity index (χ1v) is 9.42. The summed E-state index contributed by atoms with van der Waals surface area (Å²) in [6, 6.07) is 11.3. The Morgan fingerprint density at radius 1 is 1.26 bits per heavy atom. The SMILES string of the molecule is CCOc1ccc(C[NH+](C)[C@@H](C)C(=O)Nc2cc(C)c(Cl)cc2OC)cc1. The van der Waals surface area contributed by atoms with Gasteiger partial charge < -0.3 is 19.7 Å². The molecule has 2 N–H and O–H groups in total. The quantitative estimate of drug-likeness (QED) is 0.727. The zero-order chi connectivity index (χ0) is 20.0. The van der Waals surface area contributed by atoms with Crippen LogP contribution in [0.5, 0.6) is 11.5 Å². The summed E-state index contributed by atoms with van der Waals surface area (Å²) in [5.74, 6) is 1.34. The molecule has 1 amide bonds.